The minimum absolute atomic E-state index is 0.753. The number of hydrogen-bond donors (Lipinski definition) is 1. The van der Waals surface area contributed by atoms with Gasteiger partial charge >= 0.3 is 0 Å². The van der Waals surface area contributed by atoms with Crippen molar-refractivity contribution in [2.24, 2.45) is 0 Å². The zero-order valence-corrected chi connectivity index (χ0v) is 10.7. The molecular formula is C12H24N2S. The molecule has 0 bridgehead atoms. The van der Waals surface area contributed by atoms with Crippen molar-refractivity contribution >= 4 is 11.8 Å². The zero-order valence-electron chi connectivity index (χ0n) is 9.87. The highest BCUT2D eigenvalue weighted by molar-refractivity contribution is 7.99. The first-order chi connectivity index (χ1) is 7.40. The van der Waals surface area contributed by atoms with E-state index in [1.165, 1.54) is 56.8 Å². The predicted octanol–water partition coefficient (Wildman–Crippen LogP) is 1.96. The molecule has 2 unspecified atom stereocenters. The molecule has 0 saturated carbocycles. The Bertz CT molecular complexity index is 180. The first kappa shape index (κ1) is 11.7. The van der Waals surface area contributed by atoms with Crippen molar-refractivity contribution in [2.75, 3.05) is 31.1 Å². The molecule has 0 spiro atoms. The SMILES string of the molecule is CCCC1CN(C2CCSC2)CCCN1. The van der Waals surface area contributed by atoms with E-state index in [0.717, 1.165) is 12.1 Å². The molecule has 0 radical (unpaired) electrons. The van der Waals surface area contributed by atoms with E-state index >= 15 is 0 Å². The standard InChI is InChI=1S/C12H24N2S/c1-2-4-11-9-14(7-3-6-13-11)12-5-8-15-10-12/h11-13H,2-10H2,1H3. The van der Waals surface area contributed by atoms with Crippen molar-refractivity contribution in [3.8, 4) is 0 Å². The second-order valence-corrected chi connectivity index (χ2v) is 5.96. The summed E-state index contributed by atoms with van der Waals surface area (Å²) >= 11 is 2.14. The smallest absolute Gasteiger partial charge is 0.0195 e. The summed E-state index contributed by atoms with van der Waals surface area (Å²) in [4.78, 5) is 2.75. The van der Waals surface area contributed by atoms with Crippen LogP contribution in [-0.2, 0) is 0 Å². The maximum absolute atomic E-state index is 3.69. The second kappa shape index (κ2) is 6.12. The summed E-state index contributed by atoms with van der Waals surface area (Å²) in [6, 6.07) is 1.64. The normalized spacial score (nSPS) is 34.2. The maximum Gasteiger partial charge on any atom is 0.0195 e. The lowest BCUT2D eigenvalue weighted by atomic mass is 10.1. The summed E-state index contributed by atoms with van der Waals surface area (Å²) in [6.45, 7) is 6.13. The van der Waals surface area contributed by atoms with Gasteiger partial charge < -0.3 is 5.32 Å². The van der Waals surface area contributed by atoms with Gasteiger partial charge in [-0.05, 0) is 38.1 Å². The Morgan fingerprint density at radius 3 is 3.13 bits per heavy atom. The fourth-order valence-corrected chi connectivity index (χ4v) is 3.97. The molecule has 2 atom stereocenters. The maximum atomic E-state index is 3.69. The van der Waals surface area contributed by atoms with Crippen LogP contribution in [0.3, 0.4) is 0 Å². The van der Waals surface area contributed by atoms with Gasteiger partial charge in [0, 0.05) is 24.4 Å². The van der Waals surface area contributed by atoms with E-state index in [1.54, 1.807) is 0 Å². The quantitative estimate of drug-likeness (QED) is 0.795. The van der Waals surface area contributed by atoms with Crippen molar-refractivity contribution in [2.45, 2.75) is 44.7 Å². The van der Waals surface area contributed by atoms with E-state index in [9.17, 15) is 0 Å². The topological polar surface area (TPSA) is 15.3 Å². The largest absolute Gasteiger partial charge is 0.313 e. The Kier molecular flexibility index (Phi) is 4.79. The number of nitrogens with zero attached hydrogens (tertiary/aromatic N) is 1. The zero-order chi connectivity index (χ0) is 10.5. The Morgan fingerprint density at radius 2 is 2.40 bits per heavy atom. The highest BCUT2D eigenvalue weighted by Crippen LogP contribution is 2.23. The highest BCUT2D eigenvalue weighted by atomic mass is 32.2. The van der Waals surface area contributed by atoms with Crippen LogP contribution in [0.25, 0.3) is 0 Å². The average molecular weight is 228 g/mol. The van der Waals surface area contributed by atoms with Gasteiger partial charge in [0.15, 0.2) is 0 Å². The van der Waals surface area contributed by atoms with Gasteiger partial charge in [-0.2, -0.15) is 11.8 Å². The van der Waals surface area contributed by atoms with Crippen molar-refractivity contribution in [1.29, 1.82) is 0 Å². The number of rotatable bonds is 3. The molecule has 3 heteroatoms. The van der Waals surface area contributed by atoms with Crippen molar-refractivity contribution in [3.63, 3.8) is 0 Å². The lowest BCUT2D eigenvalue weighted by Crippen LogP contribution is -2.42. The Labute approximate surface area is 98.2 Å². The van der Waals surface area contributed by atoms with Gasteiger partial charge in [-0.3, -0.25) is 4.90 Å². The molecule has 2 aliphatic heterocycles. The summed E-state index contributed by atoms with van der Waals surface area (Å²) in [6.07, 6.45) is 5.41. The van der Waals surface area contributed by atoms with E-state index in [0.29, 0.717) is 0 Å². The molecule has 2 saturated heterocycles. The molecule has 0 aromatic heterocycles. The molecule has 2 nitrogen and oxygen atoms in total. The fraction of sp³-hybridized carbons (Fsp3) is 1.00. The molecule has 2 fully saturated rings. The summed E-state index contributed by atoms with van der Waals surface area (Å²) in [5.74, 6) is 2.76. The van der Waals surface area contributed by atoms with Crippen LogP contribution < -0.4 is 5.32 Å². The molecule has 0 aromatic carbocycles. The third-order valence-corrected chi connectivity index (χ3v) is 4.71. The summed E-state index contributed by atoms with van der Waals surface area (Å²) in [5, 5.41) is 3.69. The van der Waals surface area contributed by atoms with Crippen molar-refractivity contribution in [1.82, 2.24) is 10.2 Å². The van der Waals surface area contributed by atoms with Gasteiger partial charge in [-0.25, -0.2) is 0 Å². The van der Waals surface area contributed by atoms with E-state index < -0.39 is 0 Å². The number of nitrogens with one attached hydrogen (secondary N) is 1. The molecule has 2 heterocycles. The van der Waals surface area contributed by atoms with Crippen LogP contribution in [0.15, 0.2) is 0 Å². The molecule has 0 aromatic rings. The molecular weight excluding hydrogens is 204 g/mol. The highest BCUT2D eigenvalue weighted by Gasteiger charge is 2.26. The second-order valence-electron chi connectivity index (χ2n) is 4.81. The van der Waals surface area contributed by atoms with Crippen LogP contribution >= 0.6 is 11.8 Å². The summed E-state index contributed by atoms with van der Waals surface area (Å²) in [7, 11) is 0. The molecule has 1 N–H and O–H groups in total. The monoisotopic (exact) mass is 228 g/mol. The Hall–Kier alpha value is 0.270. The Balaban J connectivity index is 1.86. The van der Waals surface area contributed by atoms with E-state index in [2.05, 4.69) is 28.9 Å². The Morgan fingerprint density at radius 1 is 1.47 bits per heavy atom. The molecule has 0 amide bonds. The summed E-state index contributed by atoms with van der Waals surface area (Å²) < 4.78 is 0. The fourth-order valence-electron chi connectivity index (χ4n) is 2.71. The van der Waals surface area contributed by atoms with Gasteiger partial charge in [0.1, 0.15) is 0 Å². The lowest BCUT2D eigenvalue weighted by molar-refractivity contribution is 0.206. The van der Waals surface area contributed by atoms with Crippen molar-refractivity contribution in [3.05, 3.63) is 0 Å². The van der Waals surface area contributed by atoms with Gasteiger partial charge in [0.25, 0.3) is 0 Å². The van der Waals surface area contributed by atoms with Gasteiger partial charge in [-0.1, -0.05) is 13.3 Å². The number of hydrogen-bond acceptors (Lipinski definition) is 3. The molecule has 2 rings (SSSR count). The van der Waals surface area contributed by atoms with Crippen LogP contribution in [0.5, 0.6) is 0 Å². The first-order valence-corrected chi connectivity index (χ1v) is 7.61. The van der Waals surface area contributed by atoms with Crippen LogP contribution in [0.1, 0.15) is 32.6 Å². The van der Waals surface area contributed by atoms with Crippen LogP contribution in [0.2, 0.25) is 0 Å². The third kappa shape index (κ3) is 3.36. The van der Waals surface area contributed by atoms with E-state index in [4.69, 9.17) is 0 Å². The molecule has 2 aliphatic rings. The van der Waals surface area contributed by atoms with Gasteiger partial charge in [0.2, 0.25) is 0 Å². The van der Waals surface area contributed by atoms with Crippen molar-refractivity contribution < 1.29 is 0 Å². The van der Waals surface area contributed by atoms with E-state index in [1.807, 2.05) is 0 Å². The third-order valence-electron chi connectivity index (χ3n) is 3.57. The minimum Gasteiger partial charge on any atom is -0.313 e. The molecule has 15 heavy (non-hydrogen) atoms. The summed E-state index contributed by atoms with van der Waals surface area (Å²) in [5.41, 5.74) is 0. The molecule has 88 valence electrons. The molecule has 0 aliphatic carbocycles. The first-order valence-electron chi connectivity index (χ1n) is 6.45. The minimum atomic E-state index is 0.753. The van der Waals surface area contributed by atoms with Crippen LogP contribution in [0.4, 0.5) is 0 Å². The average Bonchev–Trinajstić information content (AvgIpc) is 2.67. The van der Waals surface area contributed by atoms with E-state index in [-0.39, 0.29) is 0 Å². The predicted molar refractivity (Wildman–Crippen MR) is 68.6 cm³/mol. The number of thioether (sulfide) groups is 1. The van der Waals surface area contributed by atoms with Crippen LogP contribution in [0, 0.1) is 0 Å². The van der Waals surface area contributed by atoms with Crippen LogP contribution in [-0.4, -0.2) is 48.1 Å². The van der Waals surface area contributed by atoms with Gasteiger partial charge in [-0.15, -0.1) is 0 Å². The van der Waals surface area contributed by atoms with Gasteiger partial charge in [0.05, 0.1) is 0 Å². The lowest BCUT2D eigenvalue weighted by Gasteiger charge is -2.29.